The summed E-state index contributed by atoms with van der Waals surface area (Å²) in [7, 11) is 0. The highest BCUT2D eigenvalue weighted by atomic mass is 14.9. The average molecular weight is 263 g/mol. The van der Waals surface area contributed by atoms with Gasteiger partial charge in [-0.15, -0.1) is 0 Å². The van der Waals surface area contributed by atoms with Gasteiger partial charge in [-0.1, -0.05) is 18.2 Å². The normalized spacial score (nSPS) is 19.6. The molecule has 20 heavy (non-hydrogen) atoms. The average Bonchev–Trinajstić information content (AvgIpc) is 3.37. The molecule has 2 saturated carbocycles. The fourth-order valence-corrected chi connectivity index (χ4v) is 3.27. The number of fused-ring (bicyclic) bond motifs is 1. The molecule has 2 fully saturated rings. The maximum atomic E-state index is 9.31. The van der Waals surface area contributed by atoms with E-state index in [9.17, 15) is 5.26 Å². The highest BCUT2D eigenvalue weighted by Gasteiger charge is 2.53. The molecule has 1 N–H and O–H groups in total. The van der Waals surface area contributed by atoms with Crippen molar-refractivity contribution in [2.45, 2.75) is 25.7 Å². The number of hydrogen-bond acceptors (Lipinski definition) is 3. The minimum atomic E-state index is 0.525. The monoisotopic (exact) mass is 263 g/mol. The van der Waals surface area contributed by atoms with Gasteiger partial charge in [-0.3, -0.25) is 4.98 Å². The molecule has 0 spiro atoms. The smallest absolute Gasteiger partial charge is 0.103 e. The lowest BCUT2D eigenvalue weighted by Crippen LogP contribution is -2.18. The number of para-hydroxylation sites is 1. The molecule has 1 aromatic carbocycles. The van der Waals surface area contributed by atoms with Crippen LogP contribution in [0.3, 0.4) is 0 Å². The van der Waals surface area contributed by atoms with Gasteiger partial charge in [0.05, 0.1) is 16.8 Å². The Morgan fingerprint density at radius 3 is 2.80 bits per heavy atom. The molecule has 0 bridgehead atoms. The van der Waals surface area contributed by atoms with Gasteiger partial charge in [0.15, 0.2) is 0 Å². The molecule has 0 atom stereocenters. The van der Waals surface area contributed by atoms with Crippen molar-refractivity contribution in [3.05, 3.63) is 36.0 Å². The molecule has 3 nitrogen and oxygen atoms in total. The summed E-state index contributed by atoms with van der Waals surface area (Å²) >= 11 is 0. The van der Waals surface area contributed by atoms with Crippen LogP contribution in [0.1, 0.15) is 31.2 Å². The van der Waals surface area contributed by atoms with Gasteiger partial charge in [0, 0.05) is 18.1 Å². The van der Waals surface area contributed by atoms with Crippen molar-refractivity contribution in [1.82, 2.24) is 4.98 Å². The predicted octanol–water partition coefficient (Wildman–Crippen LogP) is 3.71. The second-order valence-electron chi connectivity index (χ2n) is 6.17. The number of nitrogens with one attached hydrogen (secondary N) is 1. The van der Waals surface area contributed by atoms with Crippen molar-refractivity contribution >= 4 is 16.6 Å². The maximum Gasteiger partial charge on any atom is 0.103 e. The first-order valence-corrected chi connectivity index (χ1v) is 7.34. The summed E-state index contributed by atoms with van der Waals surface area (Å²) in [6.07, 6.45) is 7.15. The number of aromatic nitrogens is 1. The maximum absolute atomic E-state index is 9.31. The van der Waals surface area contributed by atoms with E-state index in [4.69, 9.17) is 0 Å². The Hall–Kier alpha value is -2.08. The van der Waals surface area contributed by atoms with Crippen LogP contribution in [0, 0.1) is 22.7 Å². The molecule has 3 heteroatoms. The van der Waals surface area contributed by atoms with E-state index in [-0.39, 0.29) is 0 Å². The summed E-state index contributed by atoms with van der Waals surface area (Å²) in [5.74, 6) is 0.925. The third kappa shape index (κ3) is 1.84. The standard InChI is InChI=1S/C17H17N3/c18-9-12-10-19-15-4-2-1-3-14(15)16(12)20-11-17(7-8-17)13-5-6-13/h1-4,10,13H,5-8,11H2,(H,19,20). The van der Waals surface area contributed by atoms with E-state index < -0.39 is 0 Å². The molecule has 2 aliphatic rings. The SMILES string of the molecule is N#Cc1cnc2ccccc2c1NCC1(C2CC2)CC1. The summed E-state index contributed by atoms with van der Waals surface area (Å²) in [4.78, 5) is 4.36. The van der Waals surface area contributed by atoms with Crippen LogP contribution in [-0.4, -0.2) is 11.5 Å². The van der Waals surface area contributed by atoms with Gasteiger partial charge in [-0.05, 0) is 43.1 Å². The van der Waals surface area contributed by atoms with Crippen LogP contribution in [0.15, 0.2) is 30.5 Å². The molecule has 0 radical (unpaired) electrons. The zero-order valence-electron chi connectivity index (χ0n) is 11.4. The quantitative estimate of drug-likeness (QED) is 0.914. The second-order valence-corrected chi connectivity index (χ2v) is 6.17. The molecule has 2 aliphatic carbocycles. The number of anilines is 1. The first-order chi connectivity index (χ1) is 9.82. The number of rotatable bonds is 4. The topological polar surface area (TPSA) is 48.7 Å². The first kappa shape index (κ1) is 11.7. The van der Waals surface area contributed by atoms with Gasteiger partial charge in [-0.2, -0.15) is 5.26 Å². The van der Waals surface area contributed by atoms with Crippen LogP contribution in [-0.2, 0) is 0 Å². The number of nitrogens with zero attached hydrogens (tertiary/aromatic N) is 2. The second kappa shape index (κ2) is 4.21. The van der Waals surface area contributed by atoms with Crippen molar-refractivity contribution in [3.8, 4) is 6.07 Å². The van der Waals surface area contributed by atoms with Crippen LogP contribution >= 0.6 is 0 Å². The minimum absolute atomic E-state index is 0.525. The van der Waals surface area contributed by atoms with Gasteiger partial charge >= 0.3 is 0 Å². The molecule has 100 valence electrons. The van der Waals surface area contributed by atoms with Crippen LogP contribution < -0.4 is 5.32 Å². The minimum Gasteiger partial charge on any atom is -0.383 e. The predicted molar refractivity (Wildman–Crippen MR) is 79.3 cm³/mol. The van der Waals surface area contributed by atoms with Crippen molar-refractivity contribution < 1.29 is 0 Å². The Labute approximate surface area is 118 Å². The van der Waals surface area contributed by atoms with Crippen molar-refractivity contribution in [3.63, 3.8) is 0 Å². The summed E-state index contributed by atoms with van der Waals surface area (Å²) in [5.41, 5.74) is 3.09. The summed E-state index contributed by atoms with van der Waals surface area (Å²) < 4.78 is 0. The Balaban J connectivity index is 1.69. The number of pyridine rings is 1. The van der Waals surface area contributed by atoms with Crippen LogP contribution in [0.5, 0.6) is 0 Å². The van der Waals surface area contributed by atoms with Gasteiger partial charge < -0.3 is 5.32 Å². The molecule has 1 heterocycles. The fourth-order valence-electron chi connectivity index (χ4n) is 3.27. The zero-order valence-corrected chi connectivity index (χ0v) is 11.4. The Kier molecular flexibility index (Phi) is 2.47. The number of nitriles is 1. The lowest BCUT2D eigenvalue weighted by Gasteiger charge is -2.18. The molecule has 1 aromatic heterocycles. The molecule has 0 unspecified atom stereocenters. The Morgan fingerprint density at radius 1 is 1.30 bits per heavy atom. The number of hydrogen-bond donors (Lipinski definition) is 1. The third-order valence-electron chi connectivity index (χ3n) is 4.85. The summed E-state index contributed by atoms with van der Waals surface area (Å²) in [5, 5.41) is 13.9. The lowest BCUT2D eigenvalue weighted by atomic mass is 10.00. The van der Waals surface area contributed by atoms with Crippen LogP contribution in [0.25, 0.3) is 10.9 Å². The van der Waals surface area contributed by atoms with E-state index in [0.717, 1.165) is 29.1 Å². The molecule has 0 amide bonds. The molecule has 0 saturated heterocycles. The highest BCUT2D eigenvalue weighted by Crippen LogP contribution is 2.61. The molecular weight excluding hydrogens is 246 g/mol. The largest absolute Gasteiger partial charge is 0.383 e. The highest BCUT2D eigenvalue weighted by molar-refractivity contribution is 5.93. The fraction of sp³-hybridized carbons (Fsp3) is 0.412. The van der Waals surface area contributed by atoms with Crippen LogP contribution in [0.4, 0.5) is 5.69 Å². The van der Waals surface area contributed by atoms with E-state index in [1.54, 1.807) is 6.20 Å². The van der Waals surface area contributed by atoms with Gasteiger partial charge in [0.1, 0.15) is 6.07 Å². The Morgan fingerprint density at radius 2 is 2.10 bits per heavy atom. The van der Waals surface area contributed by atoms with E-state index in [1.165, 1.54) is 25.7 Å². The van der Waals surface area contributed by atoms with E-state index >= 15 is 0 Å². The van der Waals surface area contributed by atoms with E-state index in [2.05, 4.69) is 16.4 Å². The van der Waals surface area contributed by atoms with Crippen molar-refractivity contribution in [2.75, 3.05) is 11.9 Å². The van der Waals surface area contributed by atoms with E-state index in [0.29, 0.717) is 11.0 Å². The molecule has 0 aliphatic heterocycles. The molecular formula is C17H17N3. The summed E-state index contributed by atoms with van der Waals surface area (Å²) in [6.45, 7) is 1.00. The first-order valence-electron chi connectivity index (χ1n) is 7.34. The zero-order chi connectivity index (χ0) is 13.6. The third-order valence-corrected chi connectivity index (χ3v) is 4.85. The number of benzene rings is 1. The van der Waals surface area contributed by atoms with Crippen molar-refractivity contribution in [2.24, 2.45) is 11.3 Å². The summed E-state index contributed by atoms with van der Waals surface area (Å²) in [6, 6.07) is 10.3. The molecule has 2 aromatic rings. The van der Waals surface area contributed by atoms with Crippen molar-refractivity contribution in [1.29, 1.82) is 5.26 Å². The van der Waals surface area contributed by atoms with Gasteiger partial charge in [0.2, 0.25) is 0 Å². The Bertz CT molecular complexity index is 706. The van der Waals surface area contributed by atoms with E-state index in [1.807, 2.05) is 24.3 Å². The van der Waals surface area contributed by atoms with Gasteiger partial charge in [-0.25, -0.2) is 0 Å². The molecule has 4 rings (SSSR count). The van der Waals surface area contributed by atoms with Gasteiger partial charge in [0.25, 0.3) is 0 Å². The lowest BCUT2D eigenvalue weighted by molar-refractivity contribution is 0.467. The van der Waals surface area contributed by atoms with Crippen LogP contribution in [0.2, 0.25) is 0 Å².